The lowest BCUT2D eigenvalue weighted by Gasteiger charge is -2.33. The van der Waals surface area contributed by atoms with Crippen molar-refractivity contribution in [2.45, 2.75) is 50.8 Å². The van der Waals surface area contributed by atoms with Crippen LogP contribution in [0, 0.1) is 0 Å². The highest BCUT2D eigenvalue weighted by Crippen LogP contribution is 2.56. The van der Waals surface area contributed by atoms with Crippen LogP contribution in [-0.4, -0.2) is 42.6 Å². The maximum atomic E-state index is 15.1. The molecule has 194 valence electrons. The molecule has 0 saturated carbocycles. The number of alkyl carbamates (subject to hydrolysis) is 1. The smallest absolute Gasteiger partial charge is 0.407 e. The molecular formula is C29H32NO6P. The highest BCUT2D eigenvalue weighted by molar-refractivity contribution is 7.79. The fourth-order valence-corrected chi connectivity index (χ4v) is 8.26. The molecule has 8 heteroatoms. The molecule has 1 aliphatic rings. The van der Waals surface area contributed by atoms with E-state index in [1.165, 1.54) is 6.92 Å². The van der Waals surface area contributed by atoms with Gasteiger partial charge in [0.15, 0.2) is 7.14 Å². The minimum Gasteiger partial charge on any atom is -0.462 e. The van der Waals surface area contributed by atoms with Crippen molar-refractivity contribution in [3.05, 3.63) is 96.6 Å². The maximum Gasteiger partial charge on any atom is 0.407 e. The van der Waals surface area contributed by atoms with E-state index in [-0.39, 0.29) is 6.61 Å². The van der Waals surface area contributed by atoms with E-state index in [1.807, 2.05) is 97.9 Å². The third-order valence-corrected chi connectivity index (χ3v) is 10.0. The Kier molecular flexibility index (Phi) is 8.80. The fourth-order valence-electron chi connectivity index (χ4n) is 4.62. The minimum absolute atomic E-state index is 0.00186. The molecule has 4 rings (SSSR count). The van der Waals surface area contributed by atoms with Crippen molar-refractivity contribution in [2.75, 3.05) is 6.61 Å². The lowest BCUT2D eigenvalue weighted by atomic mass is 10.1. The molecule has 1 heterocycles. The number of nitrogens with one attached hydrogen (secondary N) is 1. The van der Waals surface area contributed by atoms with Gasteiger partial charge < -0.3 is 24.1 Å². The first-order valence-corrected chi connectivity index (χ1v) is 14.2. The highest BCUT2D eigenvalue weighted by Gasteiger charge is 2.57. The van der Waals surface area contributed by atoms with Crippen molar-refractivity contribution in [3.63, 3.8) is 0 Å². The molecule has 7 nitrogen and oxygen atoms in total. The second-order valence-electron chi connectivity index (χ2n) is 8.95. The normalized spacial score (nSPS) is 18.3. The van der Waals surface area contributed by atoms with Gasteiger partial charge in [-0.1, -0.05) is 97.9 Å². The highest BCUT2D eigenvalue weighted by atomic mass is 31.2. The predicted octanol–water partition coefficient (Wildman–Crippen LogP) is 4.40. The zero-order valence-corrected chi connectivity index (χ0v) is 21.9. The second kappa shape index (κ2) is 12.2. The number of esters is 1. The Hall–Kier alpha value is -3.41. The number of benzene rings is 3. The van der Waals surface area contributed by atoms with Gasteiger partial charge in [-0.05, 0) is 12.0 Å². The third-order valence-electron chi connectivity index (χ3n) is 6.42. The van der Waals surface area contributed by atoms with Gasteiger partial charge in [0.05, 0.1) is 5.66 Å². The number of carbonyl (C=O) groups is 2. The Labute approximate surface area is 217 Å². The molecule has 3 aromatic rings. The van der Waals surface area contributed by atoms with Gasteiger partial charge in [0, 0.05) is 24.1 Å². The van der Waals surface area contributed by atoms with E-state index in [1.54, 1.807) is 0 Å². The van der Waals surface area contributed by atoms with E-state index in [2.05, 4.69) is 5.32 Å². The lowest BCUT2D eigenvalue weighted by molar-refractivity contribution is -0.146. The average Bonchev–Trinajstić information content (AvgIpc) is 3.70. The Bertz CT molecular complexity index is 1180. The largest absolute Gasteiger partial charge is 0.462 e. The van der Waals surface area contributed by atoms with Crippen LogP contribution in [0.5, 0.6) is 0 Å². The van der Waals surface area contributed by atoms with Crippen LogP contribution >= 0.6 is 7.14 Å². The van der Waals surface area contributed by atoms with Gasteiger partial charge >= 0.3 is 12.1 Å². The van der Waals surface area contributed by atoms with E-state index >= 15 is 4.57 Å². The monoisotopic (exact) mass is 521 g/mol. The first-order chi connectivity index (χ1) is 17.9. The molecule has 1 saturated heterocycles. The van der Waals surface area contributed by atoms with Crippen molar-refractivity contribution >= 4 is 29.8 Å². The van der Waals surface area contributed by atoms with E-state index in [0.29, 0.717) is 23.6 Å². The van der Waals surface area contributed by atoms with Crippen molar-refractivity contribution < 1.29 is 28.4 Å². The molecule has 0 spiro atoms. The van der Waals surface area contributed by atoms with Crippen LogP contribution in [0.25, 0.3) is 0 Å². The molecule has 37 heavy (non-hydrogen) atoms. The Morgan fingerprint density at radius 3 is 1.97 bits per heavy atom. The molecule has 0 radical (unpaired) electrons. The van der Waals surface area contributed by atoms with Gasteiger partial charge in [0.2, 0.25) is 0 Å². The number of carbonyl (C=O) groups excluding carboxylic acids is 2. The van der Waals surface area contributed by atoms with Crippen LogP contribution in [0.4, 0.5) is 4.79 Å². The summed E-state index contributed by atoms with van der Waals surface area (Å²) in [5, 5.41) is 4.05. The van der Waals surface area contributed by atoms with Crippen LogP contribution in [0.1, 0.15) is 25.8 Å². The average molecular weight is 522 g/mol. The summed E-state index contributed by atoms with van der Waals surface area (Å²) in [5.41, 5.74) is 0.311. The van der Waals surface area contributed by atoms with Gasteiger partial charge in [-0.2, -0.15) is 0 Å². The van der Waals surface area contributed by atoms with Crippen LogP contribution in [0.2, 0.25) is 0 Å². The molecular weight excluding hydrogens is 489 g/mol. The first kappa shape index (κ1) is 26.6. The molecule has 0 aromatic heterocycles. The number of rotatable bonds is 11. The Balaban J connectivity index is 1.56. The van der Waals surface area contributed by atoms with Gasteiger partial charge in [0.25, 0.3) is 0 Å². The van der Waals surface area contributed by atoms with Crippen molar-refractivity contribution in [1.82, 2.24) is 5.32 Å². The summed E-state index contributed by atoms with van der Waals surface area (Å²) in [5.74, 6) is -0.446. The van der Waals surface area contributed by atoms with E-state index < -0.39 is 43.2 Å². The van der Waals surface area contributed by atoms with Crippen molar-refractivity contribution in [3.8, 4) is 0 Å². The van der Waals surface area contributed by atoms with Crippen LogP contribution in [0.15, 0.2) is 91.0 Å². The fraction of sp³-hybridized carbons (Fsp3) is 0.310. The molecule has 1 amide bonds. The van der Waals surface area contributed by atoms with Gasteiger partial charge in [0.1, 0.15) is 24.9 Å². The molecule has 3 aromatic carbocycles. The first-order valence-electron chi connectivity index (χ1n) is 12.4. The zero-order chi connectivity index (χ0) is 26.3. The van der Waals surface area contributed by atoms with E-state index in [0.717, 1.165) is 5.56 Å². The second-order valence-corrected chi connectivity index (χ2v) is 11.9. The lowest BCUT2D eigenvalue weighted by Crippen LogP contribution is -2.41. The molecule has 1 aliphatic heterocycles. The van der Waals surface area contributed by atoms with E-state index in [4.69, 9.17) is 14.2 Å². The van der Waals surface area contributed by atoms with Crippen molar-refractivity contribution in [2.24, 2.45) is 0 Å². The van der Waals surface area contributed by atoms with Crippen LogP contribution < -0.4 is 15.9 Å². The summed E-state index contributed by atoms with van der Waals surface area (Å²) in [6.07, 6.45) is -1.73. The van der Waals surface area contributed by atoms with Gasteiger partial charge in [-0.3, -0.25) is 4.79 Å². The number of epoxide rings is 1. The SMILES string of the molecule is CC[C@H](OC(C)=O)[C@@H]([C@@H]1O[C@H]1COC(=O)NCc1ccccc1)P(=O)(c1ccccc1)c1ccccc1. The topological polar surface area (TPSA) is 94.2 Å². The van der Waals surface area contributed by atoms with E-state index in [9.17, 15) is 9.59 Å². The Morgan fingerprint density at radius 2 is 1.46 bits per heavy atom. The summed E-state index contributed by atoms with van der Waals surface area (Å²) in [6, 6.07) is 28.0. The molecule has 1 fully saturated rings. The number of amides is 1. The summed E-state index contributed by atoms with van der Waals surface area (Å²) in [6.45, 7) is 3.59. The standard InChI is InChI=1S/C29H32NO6P/c1-3-25(35-21(2)31)28(37(33,23-15-9-5-10-16-23)24-17-11-6-12-18-24)27-26(36-27)20-34-29(32)30-19-22-13-7-4-8-14-22/h4-18,25-28H,3,19-20H2,1-2H3,(H,30,32)/t25-,26-,27+,28-/m0/s1. The summed E-state index contributed by atoms with van der Waals surface area (Å²) < 4.78 is 32.2. The van der Waals surface area contributed by atoms with Gasteiger partial charge in [-0.15, -0.1) is 0 Å². The summed E-state index contributed by atoms with van der Waals surface area (Å²) in [4.78, 5) is 24.3. The van der Waals surface area contributed by atoms with Crippen LogP contribution in [0.3, 0.4) is 0 Å². The molecule has 0 bridgehead atoms. The molecule has 4 atom stereocenters. The number of hydrogen-bond acceptors (Lipinski definition) is 6. The number of ether oxygens (including phenoxy) is 3. The molecule has 0 aliphatic carbocycles. The number of hydrogen-bond donors (Lipinski definition) is 1. The maximum absolute atomic E-state index is 15.1. The predicted molar refractivity (Wildman–Crippen MR) is 143 cm³/mol. The summed E-state index contributed by atoms with van der Waals surface area (Å²) >= 11 is 0. The minimum atomic E-state index is -3.35. The van der Waals surface area contributed by atoms with Gasteiger partial charge in [-0.25, -0.2) is 4.79 Å². The Morgan fingerprint density at radius 1 is 0.919 bits per heavy atom. The molecule has 0 unspecified atom stereocenters. The quantitative estimate of drug-likeness (QED) is 0.228. The summed E-state index contributed by atoms with van der Waals surface area (Å²) in [7, 11) is -3.35. The van der Waals surface area contributed by atoms with Crippen LogP contribution in [-0.2, 0) is 30.1 Å². The third kappa shape index (κ3) is 6.48. The zero-order valence-electron chi connectivity index (χ0n) is 21.0. The van der Waals surface area contributed by atoms with Crippen molar-refractivity contribution in [1.29, 1.82) is 0 Å². The molecule has 1 N–H and O–H groups in total.